The Bertz CT molecular complexity index is 199. The Hall–Kier alpha value is -0.0800. The molecule has 94 valence electrons. The molecule has 2 rings (SSSR count). The van der Waals surface area contributed by atoms with E-state index in [1.807, 2.05) is 0 Å². The Morgan fingerprint density at radius 3 is 2.81 bits per heavy atom. The first-order valence-corrected chi connectivity index (χ1v) is 7.20. The molecule has 0 aliphatic carbocycles. The van der Waals surface area contributed by atoms with Gasteiger partial charge in [0.1, 0.15) is 0 Å². The van der Waals surface area contributed by atoms with Crippen LogP contribution in [0.4, 0.5) is 0 Å². The average molecular weight is 224 g/mol. The second-order valence-electron chi connectivity index (χ2n) is 6.03. The number of nitrogens with zero attached hydrogens (tertiary/aromatic N) is 1. The molecule has 2 fully saturated rings. The number of hydrogen-bond donors (Lipinski definition) is 1. The van der Waals surface area contributed by atoms with Gasteiger partial charge < -0.3 is 10.2 Å². The highest BCUT2D eigenvalue weighted by Crippen LogP contribution is 2.23. The van der Waals surface area contributed by atoms with Gasteiger partial charge in [0.15, 0.2) is 0 Å². The van der Waals surface area contributed by atoms with Gasteiger partial charge in [-0.15, -0.1) is 0 Å². The van der Waals surface area contributed by atoms with Crippen molar-refractivity contribution in [1.29, 1.82) is 0 Å². The normalized spacial score (nSPS) is 37.5. The number of piperidine rings is 2. The first-order valence-electron chi connectivity index (χ1n) is 7.20. The zero-order valence-corrected chi connectivity index (χ0v) is 11.0. The summed E-state index contributed by atoms with van der Waals surface area (Å²) in [5.74, 6) is 1.86. The molecule has 3 unspecified atom stereocenters. The van der Waals surface area contributed by atoms with Crippen LogP contribution < -0.4 is 5.32 Å². The van der Waals surface area contributed by atoms with Crippen molar-refractivity contribution in [2.24, 2.45) is 11.8 Å². The van der Waals surface area contributed by atoms with Crippen LogP contribution in [-0.2, 0) is 0 Å². The van der Waals surface area contributed by atoms with Gasteiger partial charge in [-0.25, -0.2) is 0 Å². The Morgan fingerprint density at radius 2 is 2.06 bits per heavy atom. The molecular formula is C14H28N2. The third kappa shape index (κ3) is 3.46. The zero-order chi connectivity index (χ0) is 11.4. The molecule has 2 heteroatoms. The van der Waals surface area contributed by atoms with E-state index in [1.165, 1.54) is 58.3 Å². The van der Waals surface area contributed by atoms with Crippen LogP contribution >= 0.6 is 0 Å². The molecule has 0 aromatic carbocycles. The lowest BCUT2D eigenvalue weighted by Crippen LogP contribution is -2.42. The minimum Gasteiger partial charge on any atom is -0.316 e. The second-order valence-corrected chi connectivity index (χ2v) is 6.03. The van der Waals surface area contributed by atoms with Crippen molar-refractivity contribution >= 4 is 0 Å². The van der Waals surface area contributed by atoms with E-state index in [9.17, 15) is 0 Å². The summed E-state index contributed by atoms with van der Waals surface area (Å²) in [5, 5.41) is 3.52. The van der Waals surface area contributed by atoms with Crippen LogP contribution in [0.15, 0.2) is 0 Å². The molecule has 0 amide bonds. The molecule has 0 aromatic heterocycles. The highest BCUT2D eigenvalue weighted by atomic mass is 15.2. The van der Waals surface area contributed by atoms with Gasteiger partial charge >= 0.3 is 0 Å². The lowest BCUT2D eigenvalue weighted by Gasteiger charge is -2.37. The van der Waals surface area contributed by atoms with Crippen LogP contribution in [-0.4, -0.2) is 37.1 Å². The Kier molecular flexibility index (Phi) is 4.66. The van der Waals surface area contributed by atoms with Crippen molar-refractivity contribution in [2.45, 2.75) is 52.0 Å². The first kappa shape index (κ1) is 12.4. The molecule has 2 nitrogen and oxygen atoms in total. The second kappa shape index (κ2) is 6.02. The fraction of sp³-hybridized carbons (Fsp3) is 1.00. The number of rotatable bonds is 3. The van der Waals surface area contributed by atoms with Gasteiger partial charge in [-0.1, -0.05) is 6.92 Å². The van der Waals surface area contributed by atoms with E-state index in [0.29, 0.717) is 0 Å². The molecule has 0 saturated carbocycles. The van der Waals surface area contributed by atoms with Gasteiger partial charge in [-0.05, 0) is 70.5 Å². The van der Waals surface area contributed by atoms with E-state index >= 15 is 0 Å². The van der Waals surface area contributed by atoms with Gasteiger partial charge in [0, 0.05) is 12.6 Å². The van der Waals surface area contributed by atoms with E-state index in [0.717, 1.165) is 17.9 Å². The average Bonchev–Trinajstić information content (AvgIpc) is 2.32. The number of likely N-dealkylation sites (tertiary alicyclic amines) is 1. The van der Waals surface area contributed by atoms with Crippen LogP contribution in [0, 0.1) is 11.8 Å². The molecule has 0 aromatic rings. The maximum atomic E-state index is 3.52. The zero-order valence-electron chi connectivity index (χ0n) is 11.0. The van der Waals surface area contributed by atoms with E-state index in [1.54, 1.807) is 0 Å². The van der Waals surface area contributed by atoms with E-state index in [-0.39, 0.29) is 0 Å². The lowest BCUT2D eigenvalue weighted by atomic mass is 9.92. The standard InChI is InChI=1S/C14H28N2/c1-12-5-6-13(2)16(11-12)9-7-14-4-3-8-15-10-14/h12-15H,3-11H2,1-2H3. The van der Waals surface area contributed by atoms with Crippen molar-refractivity contribution in [3.05, 3.63) is 0 Å². The fourth-order valence-corrected chi connectivity index (χ4v) is 3.21. The van der Waals surface area contributed by atoms with Gasteiger partial charge in [0.05, 0.1) is 0 Å². The summed E-state index contributed by atoms with van der Waals surface area (Å²) in [6.07, 6.45) is 7.08. The Balaban J connectivity index is 1.71. The first-order chi connectivity index (χ1) is 7.75. The molecular weight excluding hydrogens is 196 g/mol. The number of nitrogens with one attached hydrogen (secondary N) is 1. The third-order valence-corrected chi connectivity index (χ3v) is 4.47. The van der Waals surface area contributed by atoms with E-state index in [4.69, 9.17) is 0 Å². The largest absolute Gasteiger partial charge is 0.316 e. The molecule has 0 spiro atoms. The monoisotopic (exact) mass is 224 g/mol. The fourth-order valence-electron chi connectivity index (χ4n) is 3.21. The van der Waals surface area contributed by atoms with Crippen molar-refractivity contribution in [1.82, 2.24) is 10.2 Å². The maximum Gasteiger partial charge on any atom is 0.00671 e. The molecule has 2 saturated heterocycles. The van der Waals surface area contributed by atoms with E-state index in [2.05, 4.69) is 24.1 Å². The molecule has 0 bridgehead atoms. The minimum atomic E-state index is 0.827. The molecule has 0 radical (unpaired) electrons. The molecule has 3 atom stereocenters. The Labute approximate surface area is 101 Å². The maximum absolute atomic E-state index is 3.52. The van der Waals surface area contributed by atoms with Gasteiger partial charge in [0.25, 0.3) is 0 Å². The van der Waals surface area contributed by atoms with Gasteiger partial charge in [-0.2, -0.15) is 0 Å². The summed E-state index contributed by atoms with van der Waals surface area (Å²) < 4.78 is 0. The summed E-state index contributed by atoms with van der Waals surface area (Å²) in [7, 11) is 0. The SMILES string of the molecule is CC1CCC(C)N(CCC2CCCNC2)C1. The minimum absolute atomic E-state index is 0.827. The summed E-state index contributed by atoms with van der Waals surface area (Å²) in [6.45, 7) is 9.98. The van der Waals surface area contributed by atoms with Crippen LogP contribution in [0.3, 0.4) is 0 Å². The predicted octanol–water partition coefficient (Wildman–Crippen LogP) is 2.50. The summed E-state index contributed by atoms with van der Waals surface area (Å²) in [4.78, 5) is 2.72. The van der Waals surface area contributed by atoms with Crippen molar-refractivity contribution < 1.29 is 0 Å². The van der Waals surface area contributed by atoms with Gasteiger partial charge in [0.2, 0.25) is 0 Å². The quantitative estimate of drug-likeness (QED) is 0.792. The van der Waals surface area contributed by atoms with Crippen LogP contribution in [0.2, 0.25) is 0 Å². The molecule has 16 heavy (non-hydrogen) atoms. The van der Waals surface area contributed by atoms with Gasteiger partial charge in [-0.3, -0.25) is 0 Å². The molecule has 2 heterocycles. The third-order valence-electron chi connectivity index (χ3n) is 4.47. The summed E-state index contributed by atoms with van der Waals surface area (Å²) in [6, 6.07) is 0.827. The summed E-state index contributed by atoms with van der Waals surface area (Å²) >= 11 is 0. The number of hydrogen-bond acceptors (Lipinski definition) is 2. The topological polar surface area (TPSA) is 15.3 Å². The van der Waals surface area contributed by atoms with Crippen molar-refractivity contribution in [3.8, 4) is 0 Å². The van der Waals surface area contributed by atoms with Crippen LogP contribution in [0.5, 0.6) is 0 Å². The Morgan fingerprint density at radius 1 is 1.19 bits per heavy atom. The lowest BCUT2D eigenvalue weighted by molar-refractivity contribution is 0.114. The van der Waals surface area contributed by atoms with Crippen LogP contribution in [0.1, 0.15) is 46.0 Å². The van der Waals surface area contributed by atoms with Crippen LogP contribution in [0.25, 0.3) is 0 Å². The molecule has 1 N–H and O–H groups in total. The molecule has 2 aliphatic heterocycles. The smallest absolute Gasteiger partial charge is 0.00671 e. The summed E-state index contributed by atoms with van der Waals surface area (Å²) in [5.41, 5.74) is 0. The van der Waals surface area contributed by atoms with E-state index < -0.39 is 0 Å². The molecule has 2 aliphatic rings. The predicted molar refractivity (Wildman–Crippen MR) is 69.6 cm³/mol. The van der Waals surface area contributed by atoms with Crippen molar-refractivity contribution in [3.63, 3.8) is 0 Å². The highest BCUT2D eigenvalue weighted by molar-refractivity contribution is 4.78. The highest BCUT2D eigenvalue weighted by Gasteiger charge is 2.23. The van der Waals surface area contributed by atoms with Crippen molar-refractivity contribution in [2.75, 3.05) is 26.2 Å².